The molecule has 1 N–H and O–H groups in total. The van der Waals surface area contributed by atoms with Gasteiger partial charge in [-0.15, -0.1) is 11.6 Å². The van der Waals surface area contributed by atoms with Gasteiger partial charge < -0.3 is 0 Å². The third-order valence-electron chi connectivity index (χ3n) is 2.76. The number of hydrogen-bond donors (Lipinski definition) is 1. The molecule has 3 nitrogen and oxygen atoms in total. The van der Waals surface area contributed by atoms with Crippen molar-refractivity contribution in [1.29, 1.82) is 0 Å². The molecular weight excluding hydrogens is 258 g/mol. The van der Waals surface area contributed by atoms with Gasteiger partial charge in [0.15, 0.2) is 0 Å². The predicted molar refractivity (Wildman–Crippen MR) is 71.0 cm³/mol. The van der Waals surface area contributed by atoms with E-state index in [1.54, 1.807) is 12.1 Å². The van der Waals surface area contributed by atoms with Gasteiger partial charge in [-0.2, -0.15) is 0 Å². The van der Waals surface area contributed by atoms with E-state index < -0.39 is 10.0 Å². The van der Waals surface area contributed by atoms with Crippen molar-refractivity contribution < 1.29 is 8.42 Å². The number of hydrogen-bond acceptors (Lipinski definition) is 2. The van der Waals surface area contributed by atoms with Crippen molar-refractivity contribution in [2.45, 2.75) is 19.3 Å². The molecule has 1 aromatic carbocycles. The molecule has 2 rings (SSSR count). The molecule has 0 heterocycles. The largest absolute Gasteiger partial charge is 0.284 e. The van der Waals surface area contributed by atoms with E-state index in [9.17, 15) is 8.42 Å². The Labute approximate surface area is 107 Å². The van der Waals surface area contributed by atoms with Crippen molar-refractivity contribution in [3.63, 3.8) is 0 Å². The van der Waals surface area contributed by atoms with Crippen LogP contribution in [0.1, 0.15) is 18.4 Å². The number of aryl methyl sites for hydroxylation is 1. The molecule has 0 amide bonds. The van der Waals surface area contributed by atoms with Crippen molar-refractivity contribution in [2.24, 2.45) is 5.92 Å². The van der Waals surface area contributed by atoms with Crippen molar-refractivity contribution in [3.8, 4) is 0 Å². The first-order valence-electron chi connectivity index (χ1n) is 5.74. The number of sulfonamides is 1. The highest BCUT2D eigenvalue weighted by Crippen LogP contribution is 2.30. The standard InChI is InChI=1S/C12H16ClNO2S/c13-8-7-10-3-5-12(6-4-10)14-17(15,16)9-11-1-2-11/h3-6,11,14H,1-2,7-9H2. The number of nitrogens with one attached hydrogen (secondary N) is 1. The highest BCUT2D eigenvalue weighted by atomic mass is 35.5. The molecule has 0 radical (unpaired) electrons. The first-order valence-corrected chi connectivity index (χ1v) is 7.93. The second kappa shape index (κ2) is 5.27. The van der Waals surface area contributed by atoms with Crippen LogP contribution in [0.5, 0.6) is 0 Å². The van der Waals surface area contributed by atoms with Crippen molar-refractivity contribution >= 4 is 27.3 Å². The Morgan fingerprint density at radius 2 is 1.88 bits per heavy atom. The molecule has 0 aliphatic heterocycles. The molecule has 0 unspecified atom stereocenters. The summed E-state index contributed by atoms with van der Waals surface area (Å²) in [4.78, 5) is 0. The molecule has 1 aliphatic carbocycles. The van der Waals surface area contributed by atoms with Gasteiger partial charge in [0.2, 0.25) is 10.0 Å². The molecule has 0 saturated heterocycles. The Morgan fingerprint density at radius 1 is 1.24 bits per heavy atom. The van der Waals surface area contributed by atoms with Crippen LogP contribution in [0.15, 0.2) is 24.3 Å². The highest BCUT2D eigenvalue weighted by molar-refractivity contribution is 7.92. The van der Waals surface area contributed by atoms with Crippen molar-refractivity contribution in [1.82, 2.24) is 0 Å². The lowest BCUT2D eigenvalue weighted by Gasteiger charge is -2.07. The summed E-state index contributed by atoms with van der Waals surface area (Å²) in [7, 11) is -3.17. The summed E-state index contributed by atoms with van der Waals surface area (Å²) in [5, 5.41) is 0. The topological polar surface area (TPSA) is 46.2 Å². The summed E-state index contributed by atoms with van der Waals surface area (Å²) in [6.45, 7) is 0. The van der Waals surface area contributed by atoms with E-state index in [0.29, 0.717) is 17.5 Å². The maximum absolute atomic E-state index is 11.7. The van der Waals surface area contributed by atoms with E-state index in [2.05, 4.69) is 4.72 Å². The third kappa shape index (κ3) is 4.21. The van der Waals surface area contributed by atoms with Crippen LogP contribution in [0.3, 0.4) is 0 Å². The molecule has 5 heteroatoms. The number of benzene rings is 1. The lowest BCUT2D eigenvalue weighted by Crippen LogP contribution is -2.17. The minimum absolute atomic E-state index is 0.246. The van der Waals surface area contributed by atoms with Crippen molar-refractivity contribution in [3.05, 3.63) is 29.8 Å². The molecule has 1 fully saturated rings. The summed E-state index contributed by atoms with van der Waals surface area (Å²) in [6.07, 6.45) is 2.88. The fourth-order valence-electron chi connectivity index (χ4n) is 1.66. The first kappa shape index (κ1) is 12.7. The summed E-state index contributed by atoms with van der Waals surface area (Å²) >= 11 is 5.64. The van der Waals surface area contributed by atoms with Gasteiger partial charge in [0, 0.05) is 11.6 Å². The van der Waals surface area contributed by atoms with Crippen LogP contribution >= 0.6 is 11.6 Å². The van der Waals surface area contributed by atoms with E-state index in [1.807, 2.05) is 12.1 Å². The predicted octanol–water partition coefficient (Wildman–Crippen LogP) is 2.62. The van der Waals surface area contributed by atoms with E-state index in [0.717, 1.165) is 24.8 Å². The average molecular weight is 274 g/mol. The zero-order valence-electron chi connectivity index (χ0n) is 9.52. The fourth-order valence-corrected chi connectivity index (χ4v) is 3.42. The van der Waals surface area contributed by atoms with Crippen LogP contribution in [0.4, 0.5) is 5.69 Å². The zero-order chi connectivity index (χ0) is 12.3. The number of halogens is 1. The van der Waals surface area contributed by atoms with E-state index in [4.69, 9.17) is 11.6 Å². The molecular formula is C12H16ClNO2S. The van der Waals surface area contributed by atoms with Crippen LogP contribution in [0, 0.1) is 5.92 Å². The smallest absolute Gasteiger partial charge is 0.232 e. The third-order valence-corrected chi connectivity index (χ3v) is 4.41. The highest BCUT2D eigenvalue weighted by Gasteiger charge is 2.27. The second-order valence-corrected chi connectivity index (χ2v) is 6.61. The second-order valence-electron chi connectivity index (χ2n) is 4.46. The first-order chi connectivity index (χ1) is 8.09. The minimum atomic E-state index is -3.17. The normalized spacial score (nSPS) is 15.8. The molecule has 94 valence electrons. The Kier molecular flexibility index (Phi) is 3.94. The Balaban J connectivity index is 1.97. The lowest BCUT2D eigenvalue weighted by atomic mass is 10.2. The van der Waals surface area contributed by atoms with Gasteiger partial charge in [0.05, 0.1) is 5.75 Å². The van der Waals surface area contributed by atoms with Gasteiger partial charge in [-0.3, -0.25) is 4.72 Å². The maximum Gasteiger partial charge on any atom is 0.232 e. The summed E-state index contributed by atoms with van der Waals surface area (Å²) in [5.74, 6) is 1.19. The van der Waals surface area contributed by atoms with Gasteiger partial charge in [-0.05, 0) is 42.9 Å². The zero-order valence-corrected chi connectivity index (χ0v) is 11.1. The van der Waals surface area contributed by atoms with E-state index in [1.165, 1.54) is 0 Å². The van der Waals surface area contributed by atoms with Crippen LogP contribution in [-0.4, -0.2) is 20.1 Å². The van der Waals surface area contributed by atoms with Crippen LogP contribution in [0.25, 0.3) is 0 Å². The maximum atomic E-state index is 11.7. The summed E-state index contributed by atoms with van der Waals surface area (Å²) in [5.41, 5.74) is 1.74. The molecule has 1 aromatic rings. The minimum Gasteiger partial charge on any atom is -0.284 e. The number of alkyl halides is 1. The molecule has 0 spiro atoms. The fraction of sp³-hybridized carbons (Fsp3) is 0.500. The van der Waals surface area contributed by atoms with Crippen LogP contribution < -0.4 is 4.72 Å². The van der Waals surface area contributed by atoms with Gasteiger partial charge in [-0.25, -0.2) is 8.42 Å². The number of anilines is 1. The monoisotopic (exact) mass is 273 g/mol. The quantitative estimate of drug-likeness (QED) is 0.810. The Hall–Kier alpha value is -0.740. The number of rotatable bonds is 6. The van der Waals surface area contributed by atoms with E-state index >= 15 is 0 Å². The van der Waals surface area contributed by atoms with E-state index in [-0.39, 0.29) is 5.75 Å². The van der Waals surface area contributed by atoms with Gasteiger partial charge in [0.25, 0.3) is 0 Å². The van der Waals surface area contributed by atoms with Crippen LogP contribution in [-0.2, 0) is 16.4 Å². The lowest BCUT2D eigenvalue weighted by molar-refractivity contribution is 0.597. The molecule has 0 bridgehead atoms. The summed E-state index contributed by atoms with van der Waals surface area (Å²) < 4.78 is 26.1. The SMILES string of the molecule is O=S(=O)(CC1CC1)Nc1ccc(CCCl)cc1. The molecule has 1 aliphatic rings. The van der Waals surface area contributed by atoms with Gasteiger partial charge in [-0.1, -0.05) is 12.1 Å². The van der Waals surface area contributed by atoms with Gasteiger partial charge >= 0.3 is 0 Å². The molecule has 17 heavy (non-hydrogen) atoms. The van der Waals surface area contributed by atoms with Crippen LogP contribution in [0.2, 0.25) is 0 Å². The molecule has 1 saturated carbocycles. The summed E-state index contributed by atoms with van der Waals surface area (Å²) in [6, 6.07) is 7.37. The Morgan fingerprint density at radius 3 is 2.41 bits per heavy atom. The average Bonchev–Trinajstić information content (AvgIpc) is 3.04. The molecule has 0 atom stereocenters. The van der Waals surface area contributed by atoms with Gasteiger partial charge in [0.1, 0.15) is 0 Å². The molecule has 0 aromatic heterocycles. The Bertz CT molecular complexity index is 466. The van der Waals surface area contributed by atoms with Crippen molar-refractivity contribution in [2.75, 3.05) is 16.4 Å².